The molecule has 1 amide bonds. The van der Waals surface area contributed by atoms with Crippen molar-refractivity contribution in [3.8, 4) is 0 Å². The monoisotopic (exact) mass is 271 g/mol. The van der Waals surface area contributed by atoms with E-state index in [4.69, 9.17) is 0 Å². The van der Waals surface area contributed by atoms with Crippen LogP contribution in [0.3, 0.4) is 0 Å². The Balaban J connectivity index is 1.94. The van der Waals surface area contributed by atoms with Crippen molar-refractivity contribution in [3.63, 3.8) is 0 Å². The van der Waals surface area contributed by atoms with Crippen molar-refractivity contribution in [2.24, 2.45) is 0 Å². The van der Waals surface area contributed by atoms with Crippen LogP contribution < -0.4 is 5.32 Å². The number of aliphatic hydroxyl groups excluding tert-OH is 1. The van der Waals surface area contributed by atoms with Crippen LogP contribution in [0.4, 0.5) is 0 Å². The molecule has 1 aromatic heterocycles. The molecule has 0 unspecified atom stereocenters. The molecule has 0 spiro atoms. The minimum Gasteiger partial charge on any atom is -0.389 e. The molecule has 1 aromatic carbocycles. The van der Waals surface area contributed by atoms with Gasteiger partial charge in [0.2, 0.25) is 0 Å². The third-order valence-corrected chi connectivity index (χ3v) is 2.93. The standard InChI is InChI=1S/C15H17N3O2/c1-10-7-17-14(9-16-10)15(20)18-8-12-3-5-13(6-4-12)11(2)19/h3-7,9,11,19H,8H2,1-2H3,(H,18,20)/t11-/m0/s1. The van der Waals surface area contributed by atoms with Gasteiger partial charge in [-0.3, -0.25) is 9.78 Å². The fourth-order valence-corrected chi connectivity index (χ4v) is 1.70. The van der Waals surface area contributed by atoms with E-state index >= 15 is 0 Å². The largest absolute Gasteiger partial charge is 0.389 e. The fourth-order valence-electron chi connectivity index (χ4n) is 1.70. The summed E-state index contributed by atoms with van der Waals surface area (Å²) in [5.74, 6) is -0.253. The van der Waals surface area contributed by atoms with Gasteiger partial charge in [0.25, 0.3) is 5.91 Å². The highest BCUT2D eigenvalue weighted by Gasteiger charge is 2.07. The van der Waals surface area contributed by atoms with Crippen LogP contribution in [-0.4, -0.2) is 21.0 Å². The average Bonchev–Trinajstić information content (AvgIpc) is 2.46. The lowest BCUT2D eigenvalue weighted by Gasteiger charge is -2.07. The van der Waals surface area contributed by atoms with Gasteiger partial charge in [0.1, 0.15) is 5.69 Å². The summed E-state index contributed by atoms with van der Waals surface area (Å²) in [7, 11) is 0. The van der Waals surface area contributed by atoms with E-state index in [0.29, 0.717) is 12.2 Å². The van der Waals surface area contributed by atoms with E-state index in [9.17, 15) is 9.90 Å². The summed E-state index contributed by atoms with van der Waals surface area (Å²) >= 11 is 0. The first-order valence-electron chi connectivity index (χ1n) is 6.40. The Morgan fingerprint density at radius 3 is 2.50 bits per heavy atom. The third-order valence-electron chi connectivity index (χ3n) is 2.93. The van der Waals surface area contributed by atoms with Gasteiger partial charge in [-0.15, -0.1) is 0 Å². The number of carbonyl (C=O) groups excluding carboxylic acids is 1. The minimum absolute atomic E-state index is 0.253. The molecule has 2 N–H and O–H groups in total. The van der Waals surface area contributed by atoms with Crippen LogP contribution in [0.15, 0.2) is 36.7 Å². The van der Waals surface area contributed by atoms with Crippen LogP contribution in [0, 0.1) is 6.92 Å². The number of benzene rings is 1. The summed E-state index contributed by atoms with van der Waals surface area (Å²) in [6.07, 6.45) is 2.54. The van der Waals surface area contributed by atoms with Crippen molar-refractivity contribution in [2.75, 3.05) is 0 Å². The van der Waals surface area contributed by atoms with Gasteiger partial charge >= 0.3 is 0 Å². The molecule has 5 heteroatoms. The van der Waals surface area contributed by atoms with Gasteiger partial charge < -0.3 is 10.4 Å². The van der Waals surface area contributed by atoms with Crippen molar-refractivity contribution < 1.29 is 9.90 Å². The fraction of sp³-hybridized carbons (Fsp3) is 0.267. The molecule has 104 valence electrons. The van der Waals surface area contributed by atoms with Crippen LogP contribution in [0.1, 0.15) is 40.3 Å². The van der Waals surface area contributed by atoms with E-state index in [-0.39, 0.29) is 5.91 Å². The minimum atomic E-state index is -0.485. The molecule has 20 heavy (non-hydrogen) atoms. The maximum atomic E-state index is 11.9. The van der Waals surface area contributed by atoms with Gasteiger partial charge in [-0.2, -0.15) is 0 Å². The Kier molecular flexibility index (Phi) is 4.42. The van der Waals surface area contributed by atoms with E-state index in [1.807, 2.05) is 31.2 Å². The maximum Gasteiger partial charge on any atom is 0.271 e. The van der Waals surface area contributed by atoms with Gasteiger partial charge in [0.05, 0.1) is 18.0 Å². The molecular weight excluding hydrogens is 254 g/mol. The number of aromatic nitrogens is 2. The number of hydrogen-bond donors (Lipinski definition) is 2. The molecule has 0 saturated heterocycles. The van der Waals surface area contributed by atoms with E-state index in [1.165, 1.54) is 6.20 Å². The Labute approximate surface area is 117 Å². The second-order valence-corrected chi connectivity index (χ2v) is 4.64. The Hall–Kier alpha value is -2.27. The summed E-state index contributed by atoms with van der Waals surface area (Å²) in [4.78, 5) is 19.9. The van der Waals surface area contributed by atoms with Gasteiger partial charge in [0.15, 0.2) is 0 Å². The molecule has 0 fully saturated rings. The highest BCUT2D eigenvalue weighted by Crippen LogP contribution is 2.12. The molecule has 0 aliphatic heterocycles. The number of aryl methyl sites for hydroxylation is 1. The molecule has 0 aliphatic rings. The first kappa shape index (κ1) is 14.1. The summed E-state index contributed by atoms with van der Waals surface area (Å²) in [6, 6.07) is 7.45. The Morgan fingerprint density at radius 2 is 1.95 bits per heavy atom. The zero-order valence-electron chi connectivity index (χ0n) is 11.5. The molecule has 0 bridgehead atoms. The topological polar surface area (TPSA) is 75.1 Å². The van der Waals surface area contributed by atoms with Crippen LogP contribution in [0.5, 0.6) is 0 Å². The van der Waals surface area contributed by atoms with Crippen molar-refractivity contribution in [3.05, 3.63) is 59.2 Å². The van der Waals surface area contributed by atoms with Crippen molar-refractivity contribution in [2.45, 2.75) is 26.5 Å². The highest BCUT2D eigenvalue weighted by atomic mass is 16.3. The second kappa shape index (κ2) is 6.25. The average molecular weight is 271 g/mol. The molecule has 2 rings (SSSR count). The summed E-state index contributed by atoms with van der Waals surface area (Å²) in [5, 5.41) is 12.2. The number of nitrogens with one attached hydrogen (secondary N) is 1. The van der Waals surface area contributed by atoms with Crippen molar-refractivity contribution in [1.82, 2.24) is 15.3 Å². The third kappa shape index (κ3) is 3.61. The predicted octanol–water partition coefficient (Wildman–Crippen LogP) is 1.77. The summed E-state index contributed by atoms with van der Waals surface area (Å²) < 4.78 is 0. The zero-order valence-corrected chi connectivity index (χ0v) is 11.5. The molecular formula is C15H17N3O2. The number of rotatable bonds is 4. The summed E-state index contributed by atoms with van der Waals surface area (Å²) in [6.45, 7) is 3.94. The predicted molar refractivity (Wildman–Crippen MR) is 75.0 cm³/mol. The smallest absolute Gasteiger partial charge is 0.271 e. The normalized spacial score (nSPS) is 11.9. The van der Waals surface area contributed by atoms with Crippen molar-refractivity contribution >= 4 is 5.91 Å². The van der Waals surface area contributed by atoms with E-state index in [1.54, 1.807) is 13.1 Å². The lowest BCUT2D eigenvalue weighted by molar-refractivity contribution is 0.0945. The first-order valence-corrected chi connectivity index (χ1v) is 6.40. The van der Waals surface area contributed by atoms with Gasteiger partial charge in [0, 0.05) is 12.7 Å². The molecule has 5 nitrogen and oxygen atoms in total. The van der Waals surface area contributed by atoms with Crippen LogP contribution >= 0.6 is 0 Å². The van der Waals surface area contributed by atoms with E-state index in [2.05, 4.69) is 15.3 Å². The molecule has 0 radical (unpaired) electrons. The molecule has 0 saturated carbocycles. The van der Waals surface area contributed by atoms with Crippen LogP contribution in [0.2, 0.25) is 0 Å². The quantitative estimate of drug-likeness (QED) is 0.888. The number of aliphatic hydroxyl groups is 1. The molecule has 0 aliphatic carbocycles. The number of carbonyl (C=O) groups is 1. The van der Waals surface area contributed by atoms with Crippen molar-refractivity contribution in [1.29, 1.82) is 0 Å². The molecule has 1 heterocycles. The van der Waals surface area contributed by atoms with Gasteiger partial charge in [-0.1, -0.05) is 24.3 Å². The maximum absolute atomic E-state index is 11.9. The van der Waals surface area contributed by atoms with E-state index < -0.39 is 6.10 Å². The Morgan fingerprint density at radius 1 is 1.25 bits per heavy atom. The van der Waals surface area contributed by atoms with Gasteiger partial charge in [-0.25, -0.2) is 4.98 Å². The number of hydrogen-bond acceptors (Lipinski definition) is 4. The van der Waals surface area contributed by atoms with Gasteiger partial charge in [-0.05, 0) is 25.0 Å². The lowest BCUT2D eigenvalue weighted by atomic mass is 10.1. The van der Waals surface area contributed by atoms with E-state index in [0.717, 1.165) is 16.8 Å². The number of amides is 1. The Bertz CT molecular complexity index is 577. The highest BCUT2D eigenvalue weighted by molar-refractivity contribution is 5.91. The second-order valence-electron chi connectivity index (χ2n) is 4.64. The lowest BCUT2D eigenvalue weighted by Crippen LogP contribution is -2.24. The van der Waals surface area contributed by atoms with Crippen LogP contribution in [0.25, 0.3) is 0 Å². The zero-order chi connectivity index (χ0) is 14.5. The first-order chi connectivity index (χ1) is 9.56. The summed E-state index contributed by atoms with van der Waals surface area (Å²) in [5.41, 5.74) is 2.89. The number of nitrogens with zero attached hydrogens (tertiary/aromatic N) is 2. The van der Waals surface area contributed by atoms with Crippen LogP contribution in [-0.2, 0) is 6.54 Å². The molecule has 2 aromatic rings. The molecule has 1 atom stereocenters. The SMILES string of the molecule is Cc1cnc(C(=O)NCc2ccc([C@H](C)O)cc2)cn1.